The summed E-state index contributed by atoms with van der Waals surface area (Å²) in [4.78, 5) is 20.8. The predicted octanol–water partition coefficient (Wildman–Crippen LogP) is 0.113. The summed E-state index contributed by atoms with van der Waals surface area (Å²) < 4.78 is 9.27. The average Bonchev–Trinajstić information content (AvgIpc) is 2.84. The highest BCUT2D eigenvalue weighted by molar-refractivity contribution is 7.09. The maximum absolute atomic E-state index is 12.2. The molecule has 7 nitrogen and oxygen atoms in total. The van der Waals surface area contributed by atoms with Gasteiger partial charge in [0.1, 0.15) is 11.9 Å². The number of carbonyl (C=O) groups is 1. The van der Waals surface area contributed by atoms with Crippen molar-refractivity contribution in [2.45, 2.75) is 25.8 Å². The van der Waals surface area contributed by atoms with Crippen LogP contribution in [0.3, 0.4) is 0 Å². The van der Waals surface area contributed by atoms with E-state index in [4.69, 9.17) is 10.5 Å². The lowest BCUT2D eigenvalue weighted by Gasteiger charge is -2.24. The molecule has 2 rings (SSSR count). The Bertz CT molecular complexity index is 467. The molecule has 118 valence electrons. The van der Waals surface area contributed by atoms with Gasteiger partial charge in [0.05, 0.1) is 6.61 Å². The summed E-state index contributed by atoms with van der Waals surface area (Å²) >= 11 is 1.43. The molecule has 1 aromatic heterocycles. The zero-order chi connectivity index (χ0) is 15.2. The topological polar surface area (TPSA) is 84.6 Å². The highest BCUT2D eigenvalue weighted by Crippen LogP contribution is 2.19. The van der Waals surface area contributed by atoms with Crippen molar-refractivity contribution in [3.05, 3.63) is 5.82 Å². The van der Waals surface area contributed by atoms with Gasteiger partial charge in [0.2, 0.25) is 11.0 Å². The number of ether oxygens (including phenoxy) is 1. The van der Waals surface area contributed by atoms with Gasteiger partial charge in [-0.3, -0.25) is 4.79 Å². The number of rotatable bonds is 5. The van der Waals surface area contributed by atoms with Gasteiger partial charge < -0.3 is 20.3 Å². The molecule has 1 atom stereocenters. The van der Waals surface area contributed by atoms with E-state index < -0.39 is 6.04 Å². The van der Waals surface area contributed by atoms with Gasteiger partial charge in [0.25, 0.3) is 0 Å². The second kappa shape index (κ2) is 7.67. The first kappa shape index (κ1) is 16.1. The molecule has 21 heavy (non-hydrogen) atoms. The van der Waals surface area contributed by atoms with E-state index in [1.807, 2.05) is 11.8 Å². The molecule has 0 saturated carbocycles. The molecule has 1 aromatic rings. The Morgan fingerprint density at radius 2 is 2.24 bits per heavy atom. The van der Waals surface area contributed by atoms with Crippen molar-refractivity contribution in [2.75, 3.05) is 44.8 Å². The molecule has 8 heteroatoms. The third kappa shape index (κ3) is 4.12. The van der Waals surface area contributed by atoms with E-state index in [2.05, 4.69) is 14.3 Å². The number of nitrogens with zero attached hydrogens (tertiary/aromatic N) is 4. The van der Waals surface area contributed by atoms with Crippen LogP contribution >= 0.6 is 11.5 Å². The Morgan fingerprint density at radius 3 is 2.90 bits per heavy atom. The standard InChI is InChI=1S/C13H23N5O2S/c1-3-11-15-13(21-16-11)18-6-4-5-17(7-8-18)12(19)10(14)9-20-2/h10H,3-9,14H2,1-2H3. The van der Waals surface area contributed by atoms with Crippen LogP contribution in [-0.4, -0.2) is 66.1 Å². The molecule has 1 fully saturated rings. The molecule has 1 unspecified atom stereocenters. The van der Waals surface area contributed by atoms with E-state index in [0.717, 1.165) is 43.4 Å². The molecule has 0 bridgehead atoms. The number of amides is 1. The molecule has 1 amide bonds. The van der Waals surface area contributed by atoms with Gasteiger partial charge in [-0.2, -0.15) is 4.37 Å². The predicted molar refractivity (Wildman–Crippen MR) is 82.5 cm³/mol. The van der Waals surface area contributed by atoms with Crippen molar-refractivity contribution < 1.29 is 9.53 Å². The Morgan fingerprint density at radius 1 is 1.43 bits per heavy atom. The molecule has 0 aliphatic carbocycles. The van der Waals surface area contributed by atoms with E-state index in [9.17, 15) is 4.79 Å². The maximum atomic E-state index is 12.2. The van der Waals surface area contributed by atoms with Crippen molar-refractivity contribution in [1.82, 2.24) is 14.3 Å². The number of aryl methyl sites for hydroxylation is 1. The first-order valence-electron chi connectivity index (χ1n) is 7.26. The monoisotopic (exact) mass is 313 g/mol. The van der Waals surface area contributed by atoms with Gasteiger partial charge in [-0.05, 0) is 6.42 Å². The summed E-state index contributed by atoms with van der Waals surface area (Å²) in [7, 11) is 1.55. The first-order valence-corrected chi connectivity index (χ1v) is 8.04. The van der Waals surface area contributed by atoms with Gasteiger partial charge in [0, 0.05) is 51.2 Å². The maximum Gasteiger partial charge on any atom is 0.241 e. The molecule has 1 aliphatic rings. The quantitative estimate of drug-likeness (QED) is 0.831. The fraction of sp³-hybridized carbons (Fsp3) is 0.769. The smallest absolute Gasteiger partial charge is 0.241 e. The average molecular weight is 313 g/mol. The second-order valence-electron chi connectivity index (χ2n) is 5.07. The normalized spacial score (nSPS) is 17.7. The SMILES string of the molecule is CCc1nsc(N2CCCN(C(=O)C(N)COC)CC2)n1. The Labute approximate surface area is 129 Å². The summed E-state index contributed by atoms with van der Waals surface area (Å²) in [6.07, 6.45) is 1.76. The number of aromatic nitrogens is 2. The number of nitrogens with two attached hydrogens (primary N) is 1. The van der Waals surface area contributed by atoms with Crippen molar-refractivity contribution in [1.29, 1.82) is 0 Å². The molecular weight excluding hydrogens is 290 g/mol. The molecule has 0 radical (unpaired) electrons. The Hall–Kier alpha value is -1.25. The summed E-state index contributed by atoms with van der Waals surface area (Å²) in [5.74, 6) is 0.847. The van der Waals surface area contributed by atoms with Crippen LogP contribution in [0.1, 0.15) is 19.2 Å². The zero-order valence-electron chi connectivity index (χ0n) is 12.6. The van der Waals surface area contributed by atoms with Gasteiger partial charge in [-0.25, -0.2) is 4.98 Å². The lowest BCUT2D eigenvalue weighted by Crippen LogP contribution is -2.47. The van der Waals surface area contributed by atoms with Crippen molar-refractivity contribution in [3.63, 3.8) is 0 Å². The number of hydrogen-bond acceptors (Lipinski definition) is 7. The molecule has 0 aromatic carbocycles. The lowest BCUT2D eigenvalue weighted by atomic mass is 10.2. The molecule has 1 aliphatic heterocycles. The van der Waals surface area contributed by atoms with Crippen LogP contribution in [0.2, 0.25) is 0 Å². The fourth-order valence-electron chi connectivity index (χ4n) is 2.33. The minimum absolute atomic E-state index is 0.0368. The summed E-state index contributed by atoms with van der Waals surface area (Å²) in [6, 6.07) is -0.574. The zero-order valence-corrected chi connectivity index (χ0v) is 13.4. The molecule has 2 N–H and O–H groups in total. The summed E-state index contributed by atoms with van der Waals surface area (Å²) in [5.41, 5.74) is 5.83. The van der Waals surface area contributed by atoms with Crippen LogP contribution in [0.4, 0.5) is 5.13 Å². The Kier molecular flexibility index (Phi) is 5.89. The summed E-state index contributed by atoms with van der Waals surface area (Å²) in [5, 5.41) is 0.947. The van der Waals surface area contributed by atoms with E-state index in [1.165, 1.54) is 11.5 Å². The van der Waals surface area contributed by atoms with Crippen LogP contribution in [0, 0.1) is 0 Å². The summed E-state index contributed by atoms with van der Waals surface area (Å²) in [6.45, 7) is 5.36. The van der Waals surface area contributed by atoms with Gasteiger partial charge in [-0.1, -0.05) is 6.92 Å². The van der Waals surface area contributed by atoms with Gasteiger partial charge in [0.15, 0.2) is 0 Å². The number of methoxy groups -OCH3 is 1. The minimum Gasteiger partial charge on any atom is -0.383 e. The van der Waals surface area contributed by atoms with Crippen molar-refractivity contribution in [3.8, 4) is 0 Å². The number of anilines is 1. The molecule has 0 spiro atoms. The largest absolute Gasteiger partial charge is 0.383 e. The first-order chi connectivity index (χ1) is 10.2. The number of carbonyl (C=O) groups excluding carboxylic acids is 1. The second-order valence-corrected chi connectivity index (χ2v) is 5.80. The van der Waals surface area contributed by atoms with E-state index in [1.54, 1.807) is 7.11 Å². The fourth-order valence-corrected chi connectivity index (χ4v) is 3.13. The van der Waals surface area contributed by atoms with Gasteiger partial charge in [-0.15, -0.1) is 0 Å². The van der Waals surface area contributed by atoms with Crippen LogP contribution in [-0.2, 0) is 16.0 Å². The van der Waals surface area contributed by atoms with E-state index >= 15 is 0 Å². The van der Waals surface area contributed by atoms with Crippen LogP contribution in [0.5, 0.6) is 0 Å². The van der Waals surface area contributed by atoms with Gasteiger partial charge >= 0.3 is 0 Å². The minimum atomic E-state index is -0.574. The Balaban J connectivity index is 1.93. The van der Waals surface area contributed by atoms with Crippen molar-refractivity contribution >= 4 is 22.6 Å². The highest BCUT2D eigenvalue weighted by Gasteiger charge is 2.24. The third-order valence-corrected chi connectivity index (χ3v) is 4.33. The van der Waals surface area contributed by atoms with Crippen molar-refractivity contribution in [2.24, 2.45) is 5.73 Å². The van der Waals surface area contributed by atoms with E-state index in [-0.39, 0.29) is 12.5 Å². The molecule has 2 heterocycles. The highest BCUT2D eigenvalue weighted by atomic mass is 32.1. The van der Waals surface area contributed by atoms with Crippen LogP contribution in [0.15, 0.2) is 0 Å². The van der Waals surface area contributed by atoms with Crippen LogP contribution in [0.25, 0.3) is 0 Å². The number of hydrogen-bond donors (Lipinski definition) is 1. The van der Waals surface area contributed by atoms with E-state index in [0.29, 0.717) is 6.54 Å². The third-order valence-electron chi connectivity index (χ3n) is 3.52. The molecule has 1 saturated heterocycles. The lowest BCUT2D eigenvalue weighted by molar-refractivity contribution is -0.133. The van der Waals surface area contributed by atoms with Crippen LogP contribution < -0.4 is 10.6 Å². The molecular formula is C13H23N5O2S.